The summed E-state index contributed by atoms with van der Waals surface area (Å²) in [6, 6.07) is 12.5. The Hall–Kier alpha value is -3.00. The highest BCUT2D eigenvalue weighted by atomic mass is 16.7. The first kappa shape index (κ1) is 26.6. The van der Waals surface area contributed by atoms with E-state index in [2.05, 4.69) is 10.2 Å². The van der Waals surface area contributed by atoms with Gasteiger partial charge >= 0.3 is 0 Å². The van der Waals surface area contributed by atoms with Gasteiger partial charge in [0.15, 0.2) is 0 Å². The summed E-state index contributed by atoms with van der Waals surface area (Å²) in [5, 5.41) is 29.9. The molecule has 1 saturated heterocycles. The van der Waals surface area contributed by atoms with Crippen molar-refractivity contribution in [2.75, 3.05) is 66.1 Å². The molecule has 1 heterocycles. The summed E-state index contributed by atoms with van der Waals surface area (Å²) in [7, 11) is 0. The Morgan fingerprint density at radius 2 is 1.46 bits per heavy atom. The van der Waals surface area contributed by atoms with Crippen LogP contribution >= 0.6 is 0 Å². The Kier molecular flexibility index (Phi) is 11.0. The van der Waals surface area contributed by atoms with E-state index in [0.717, 1.165) is 0 Å². The third kappa shape index (κ3) is 10.0. The molecule has 1 aliphatic rings. The molecule has 1 unspecified atom stereocenters. The second kappa shape index (κ2) is 14.4. The lowest BCUT2D eigenvalue weighted by molar-refractivity contribution is -0.384. The normalized spacial score (nSPS) is 21.2. The molecule has 0 radical (unpaired) electrons. The van der Waals surface area contributed by atoms with Gasteiger partial charge in [0.1, 0.15) is 19.0 Å². The zero-order chi connectivity index (χ0) is 24.8. The van der Waals surface area contributed by atoms with Crippen molar-refractivity contribution < 1.29 is 38.5 Å². The van der Waals surface area contributed by atoms with Crippen molar-refractivity contribution in [1.82, 2.24) is 0 Å². The first-order chi connectivity index (χ1) is 17.0. The number of nitrogens with zero attached hydrogens (tertiary/aromatic N) is 3. The summed E-state index contributed by atoms with van der Waals surface area (Å²) in [6.07, 6.45) is 0. The molecule has 0 saturated carbocycles. The minimum absolute atomic E-state index is 0.0233. The first-order valence-electron chi connectivity index (χ1n) is 11.1. The molecule has 12 heteroatoms. The third-order valence-corrected chi connectivity index (χ3v) is 4.67. The van der Waals surface area contributed by atoms with Crippen molar-refractivity contribution in [2.24, 2.45) is 10.2 Å². The van der Waals surface area contributed by atoms with Gasteiger partial charge in [-0.05, 0) is 24.3 Å². The van der Waals surface area contributed by atoms with Crippen molar-refractivity contribution >= 4 is 17.1 Å². The zero-order valence-electron chi connectivity index (χ0n) is 19.2. The number of hydrogen-bond acceptors (Lipinski definition) is 11. The molecule has 1 aliphatic heterocycles. The quantitative estimate of drug-likeness (QED) is 0.366. The Balaban J connectivity index is 1.56. The molecule has 3 rings (SSSR count). The highest BCUT2D eigenvalue weighted by Crippen LogP contribution is 2.25. The van der Waals surface area contributed by atoms with Gasteiger partial charge in [-0.15, -0.1) is 0 Å². The number of non-ortho nitro benzene ring substituents is 1. The van der Waals surface area contributed by atoms with E-state index in [9.17, 15) is 15.2 Å². The van der Waals surface area contributed by atoms with E-state index in [-0.39, 0.29) is 38.7 Å². The Labute approximate surface area is 202 Å². The molecule has 0 spiro atoms. The zero-order valence-corrected chi connectivity index (χ0v) is 19.2. The summed E-state index contributed by atoms with van der Waals surface area (Å²) in [5.74, 6) is -1.26. The number of rotatable bonds is 6. The monoisotopic (exact) mass is 491 g/mol. The van der Waals surface area contributed by atoms with Crippen LogP contribution in [0.4, 0.5) is 17.1 Å². The molecular weight excluding hydrogens is 462 g/mol. The second-order valence-electron chi connectivity index (χ2n) is 7.44. The Morgan fingerprint density at radius 1 is 0.857 bits per heavy atom. The van der Waals surface area contributed by atoms with Crippen LogP contribution in [0.5, 0.6) is 5.75 Å². The van der Waals surface area contributed by atoms with E-state index in [1.807, 2.05) is 0 Å². The lowest BCUT2D eigenvalue weighted by atomic mass is 10.3. The number of benzene rings is 2. The number of nitro benzene ring substituents is 1. The largest absolute Gasteiger partial charge is 0.488 e. The molecule has 0 aromatic heterocycles. The average molecular weight is 491 g/mol. The third-order valence-electron chi connectivity index (χ3n) is 4.67. The smallest absolute Gasteiger partial charge is 0.269 e. The maximum Gasteiger partial charge on any atom is 0.269 e. The highest BCUT2D eigenvalue weighted by Gasteiger charge is 2.30. The predicted octanol–water partition coefficient (Wildman–Crippen LogP) is 3.17. The fourth-order valence-electron chi connectivity index (χ4n) is 2.90. The Bertz CT molecular complexity index is 924. The van der Waals surface area contributed by atoms with Crippen LogP contribution in [0.25, 0.3) is 0 Å². The maximum atomic E-state index is 10.9. The molecular formula is C23H29N3O9. The summed E-state index contributed by atoms with van der Waals surface area (Å²) in [5.41, 5.74) is 0.944. The molecule has 190 valence electrons. The molecule has 1 atom stereocenters. The fourth-order valence-corrected chi connectivity index (χ4v) is 2.90. The molecule has 2 aromatic carbocycles. The number of nitro groups is 1. The SMILES string of the molecule is O=[N+]([O-])c1ccc(N=Nc2cccc(OCC3(O)COCCOCCOCCOCCO3)c2)cc1. The molecule has 0 amide bonds. The van der Waals surface area contributed by atoms with Gasteiger partial charge in [0, 0.05) is 18.2 Å². The average Bonchev–Trinajstić information content (AvgIpc) is 2.87. The summed E-state index contributed by atoms with van der Waals surface area (Å²) < 4.78 is 33.0. The van der Waals surface area contributed by atoms with E-state index < -0.39 is 10.7 Å². The second-order valence-corrected chi connectivity index (χ2v) is 7.44. The van der Waals surface area contributed by atoms with Gasteiger partial charge in [-0.3, -0.25) is 10.1 Å². The first-order valence-corrected chi connectivity index (χ1v) is 11.1. The van der Waals surface area contributed by atoms with Gasteiger partial charge in [0.2, 0.25) is 5.79 Å². The van der Waals surface area contributed by atoms with E-state index in [4.69, 9.17) is 28.4 Å². The number of azo groups is 1. The van der Waals surface area contributed by atoms with E-state index in [1.165, 1.54) is 24.3 Å². The lowest BCUT2D eigenvalue weighted by Gasteiger charge is -2.28. The summed E-state index contributed by atoms with van der Waals surface area (Å²) >= 11 is 0. The number of ether oxygens (including phenoxy) is 6. The van der Waals surface area contributed by atoms with Crippen molar-refractivity contribution in [1.29, 1.82) is 0 Å². The van der Waals surface area contributed by atoms with Gasteiger partial charge < -0.3 is 33.5 Å². The number of aliphatic hydroxyl groups is 1. The molecule has 1 N–H and O–H groups in total. The van der Waals surface area contributed by atoms with Crippen LogP contribution in [-0.4, -0.2) is 81.9 Å². The van der Waals surface area contributed by atoms with Gasteiger partial charge in [-0.25, -0.2) is 0 Å². The predicted molar refractivity (Wildman–Crippen MR) is 123 cm³/mol. The van der Waals surface area contributed by atoms with Crippen LogP contribution in [0.1, 0.15) is 0 Å². The maximum absolute atomic E-state index is 10.9. The van der Waals surface area contributed by atoms with E-state index in [1.54, 1.807) is 24.3 Å². The van der Waals surface area contributed by atoms with Crippen LogP contribution in [0.2, 0.25) is 0 Å². The van der Waals surface area contributed by atoms with Gasteiger partial charge in [0.25, 0.3) is 5.69 Å². The molecule has 2 aromatic rings. The minimum Gasteiger partial charge on any atom is -0.488 e. The van der Waals surface area contributed by atoms with Crippen molar-refractivity contribution in [3.63, 3.8) is 0 Å². The topological polar surface area (TPSA) is 143 Å². The fraction of sp³-hybridized carbons (Fsp3) is 0.478. The molecule has 35 heavy (non-hydrogen) atoms. The van der Waals surface area contributed by atoms with Crippen LogP contribution in [-0.2, 0) is 23.7 Å². The molecule has 0 bridgehead atoms. The van der Waals surface area contributed by atoms with Crippen LogP contribution in [0.15, 0.2) is 58.8 Å². The van der Waals surface area contributed by atoms with Crippen LogP contribution in [0, 0.1) is 10.1 Å². The summed E-state index contributed by atoms with van der Waals surface area (Å²) in [6.45, 7) is 2.53. The van der Waals surface area contributed by atoms with Crippen molar-refractivity contribution in [3.8, 4) is 5.75 Å². The minimum atomic E-state index is -1.70. The van der Waals surface area contributed by atoms with Crippen LogP contribution < -0.4 is 4.74 Å². The van der Waals surface area contributed by atoms with Gasteiger partial charge in [0.05, 0.1) is 69.2 Å². The van der Waals surface area contributed by atoms with Gasteiger partial charge in [-0.1, -0.05) is 6.07 Å². The lowest BCUT2D eigenvalue weighted by Crippen LogP contribution is -2.44. The molecule has 12 nitrogen and oxygen atoms in total. The molecule has 1 fully saturated rings. The van der Waals surface area contributed by atoms with E-state index in [0.29, 0.717) is 50.2 Å². The number of hydrogen-bond donors (Lipinski definition) is 1. The molecule has 0 aliphatic carbocycles. The Morgan fingerprint density at radius 3 is 2.11 bits per heavy atom. The standard InChI is InChI=1S/C23H29N3O9/c27-23(17-33-13-12-31-9-8-30-10-11-32-14-15-35-23)18-34-22-3-1-2-20(16-22)25-24-19-4-6-21(7-5-19)26(28)29/h1-7,16,27H,8-15,17-18H2. The van der Waals surface area contributed by atoms with Crippen molar-refractivity contribution in [2.45, 2.75) is 5.79 Å². The summed E-state index contributed by atoms with van der Waals surface area (Å²) in [4.78, 5) is 10.3. The van der Waals surface area contributed by atoms with Crippen molar-refractivity contribution in [3.05, 3.63) is 58.6 Å². The van der Waals surface area contributed by atoms with Crippen LogP contribution in [0.3, 0.4) is 0 Å². The van der Waals surface area contributed by atoms with E-state index >= 15 is 0 Å². The van der Waals surface area contributed by atoms with Gasteiger partial charge in [-0.2, -0.15) is 10.2 Å². The highest BCUT2D eigenvalue weighted by molar-refractivity contribution is 5.46.